The molecule has 0 bridgehead atoms. The molecule has 6 nitrogen and oxygen atoms in total. The van der Waals surface area contributed by atoms with Crippen LogP contribution in [0.5, 0.6) is 0 Å². The molecule has 2 aromatic rings. The summed E-state index contributed by atoms with van der Waals surface area (Å²) in [4.78, 5) is 0.187. The zero-order valence-corrected chi connectivity index (χ0v) is 12.9. The highest BCUT2D eigenvalue weighted by atomic mass is 32.2. The molecular formula is C14H16N4O2S. The van der Waals surface area contributed by atoms with Gasteiger partial charge in [0, 0.05) is 6.54 Å². The predicted octanol–water partition coefficient (Wildman–Crippen LogP) is 2.19. The van der Waals surface area contributed by atoms with Crippen molar-refractivity contribution < 1.29 is 8.42 Å². The van der Waals surface area contributed by atoms with Gasteiger partial charge in [0.1, 0.15) is 4.90 Å². The van der Waals surface area contributed by atoms with Crippen LogP contribution in [0.2, 0.25) is 0 Å². The standard InChI is InChI=1S/C14H16N4O2S/c1-4-18-11(3)14(10(2)16-18)21(19,20)17-13-7-5-6-12(8-13)9-15/h5-8,17H,4H2,1-3H3. The van der Waals surface area contributed by atoms with Gasteiger partial charge in [-0.15, -0.1) is 0 Å². The second kappa shape index (κ2) is 5.58. The lowest BCUT2D eigenvalue weighted by atomic mass is 10.2. The van der Waals surface area contributed by atoms with E-state index in [1.54, 1.807) is 36.7 Å². The van der Waals surface area contributed by atoms with Gasteiger partial charge in [-0.1, -0.05) is 6.07 Å². The first-order chi connectivity index (χ1) is 9.89. The molecule has 0 amide bonds. The number of aryl methyl sites for hydroxylation is 2. The molecule has 0 fully saturated rings. The minimum Gasteiger partial charge on any atom is -0.279 e. The number of benzene rings is 1. The maximum atomic E-state index is 12.5. The van der Waals surface area contributed by atoms with Gasteiger partial charge in [-0.3, -0.25) is 9.40 Å². The summed E-state index contributed by atoms with van der Waals surface area (Å²) in [6.07, 6.45) is 0. The molecule has 0 saturated carbocycles. The largest absolute Gasteiger partial charge is 0.279 e. The van der Waals surface area contributed by atoms with Crippen LogP contribution in [0.1, 0.15) is 23.9 Å². The van der Waals surface area contributed by atoms with E-state index in [2.05, 4.69) is 9.82 Å². The van der Waals surface area contributed by atoms with Crippen LogP contribution in [0.15, 0.2) is 29.2 Å². The number of anilines is 1. The number of sulfonamides is 1. The Morgan fingerprint density at radius 3 is 2.67 bits per heavy atom. The van der Waals surface area contributed by atoms with Crippen LogP contribution in [0, 0.1) is 25.2 Å². The van der Waals surface area contributed by atoms with E-state index in [1.807, 2.05) is 13.0 Å². The Kier molecular flexibility index (Phi) is 4.00. The van der Waals surface area contributed by atoms with Crippen LogP contribution in [0.25, 0.3) is 0 Å². The SMILES string of the molecule is CCn1nc(C)c(S(=O)(=O)Nc2cccc(C#N)c2)c1C. The van der Waals surface area contributed by atoms with Crippen LogP contribution >= 0.6 is 0 Å². The van der Waals surface area contributed by atoms with Gasteiger partial charge in [0.05, 0.1) is 28.7 Å². The van der Waals surface area contributed by atoms with Crippen LogP contribution in [0.3, 0.4) is 0 Å². The van der Waals surface area contributed by atoms with Crippen molar-refractivity contribution in [2.45, 2.75) is 32.2 Å². The lowest BCUT2D eigenvalue weighted by molar-refractivity contribution is 0.598. The maximum Gasteiger partial charge on any atom is 0.265 e. The summed E-state index contributed by atoms with van der Waals surface area (Å²) in [5.41, 5.74) is 1.81. The smallest absolute Gasteiger partial charge is 0.265 e. The number of rotatable bonds is 4. The van der Waals surface area contributed by atoms with Crippen molar-refractivity contribution in [2.75, 3.05) is 4.72 Å². The number of nitriles is 1. The van der Waals surface area contributed by atoms with E-state index in [0.717, 1.165) is 0 Å². The summed E-state index contributed by atoms with van der Waals surface area (Å²) < 4.78 is 29.2. The van der Waals surface area contributed by atoms with E-state index in [1.165, 1.54) is 6.07 Å². The van der Waals surface area contributed by atoms with E-state index in [4.69, 9.17) is 5.26 Å². The number of nitrogens with zero attached hydrogens (tertiary/aromatic N) is 3. The Morgan fingerprint density at radius 1 is 1.38 bits per heavy atom. The van der Waals surface area contributed by atoms with E-state index in [-0.39, 0.29) is 4.90 Å². The summed E-state index contributed by atoms with van der Waals surface area (Å²) >= 11 is 0. The average Bonchev–Trinajstić information content (AvgIpc) is 2.73. The van der Waals surface area contributed by atoms with Gasteiger partial charge < -0.3 is 0 Å². The number of nitrogens with one attached hydrogen (secondary N) is 1. The van der Waals surface area contributed by atoms with Gasteiger partial charge in [-0.2, -0.15) is 10.4 Å². The lowest BCUT2D eigenvalue weighted by Crippen LogP contribution is -2.15. The summed E-state index contributed by atoms with van der Waals surface area (Å²) in [7, 11) is -3.73. The molecule has 0 atom stereocenters. The van der Waals surface area contributed by atoms with Crippen molar-refractivity contribution in [3.8, 4) is 6.07 Å². The number of hydrogen-bond acceptors (Lipinski definition) is 4. The topological polar surface area (TPSA) is 87.8 Å². The molecule has 1 N–H and O–H groups in total. The van der Waals surface area contributed by atoms with E-state index < -0.39 is 10.0 Å². The predicted molar refractivity (Wildman–Crippen MR) is 79.3 cm³/mol. The zero-order valence-electron chi connectivity index (χ0n) is 12.1. The first-order valence-corrected chi connectivity index (χ1v) is 7.94. The number of hydrogen-bond donors (Lipinski definition) is 1. The van der Waals surface area contributed by atoms with E-state index in [0.29, 0.717) is 29.2 Å². The first kappa shape index (κ1) is 15.1. The molecule has 1 heterocycles. The van der Waals surface area contributed by atoms with Crippen molar-refractivity contribution in [1.82, 2.24) is 9.78 Å². The van der Waals surface area contributed by atoms with Gasteiger partial charge in [0.25, 0.3) is 10.0 Å². The molecule has 0 saturated heterocycles. The molecule has 7 heteroatoms. The molecule has 0 aliphatic rings. The zero-order chi connectivity index (χ0) is 15.6. The minimum atomic E-state index is -3.73. The van der Waals surface area contributed by atoms with E-state index in [9.17, 15) is 8.42 Å². The van der Waals surface area contributed by atoms with Crippen molar-refractivity contribution >= 4 is 15.7 Å². The van der Waals surface area contributed by atoms with Crippen LogP contribution in [-0.4, -0.2) is 18.2 Å². The lowest BCUT2D eigenvalue weighted by Gasteiger charge is -2.09. The third-order valence-electron chi connectivity index (χ3n) is 3.13. The van der Waals surface area contributed by atoms with E-state index >= 15 is 0 Å². The Morgan fingerprint density at radius 2 is 2.10 bits per heavy atom. The van der Waals surface area contributed by atoms with Crippen molar-refractivity contribution in [3.63, 3.8) is 0 Å². The molecule has 0 radical (unpaired) electrons. The highest BCUT2D eigenvalue weighted by molar-refractivity contribution is 7.92. The van der Waals surface area contributed by atoms with Crippen LogP contribution in [0.4, 0.5) is 5.69 Å². The summed E-state index contributed by atoms with van der Waals surface area (Å²) in [5.74, 6) is 0. The normalized spacial score (nSPS) is 11.1. The molecular weight excluding hydrogens is 288 g/mol. The van der Waals surface area contributed by atoms with Gasteiger partial charge in [-0.05, 0) is 39.0 Å². The summed E-state index contributed by atoms with van der Waals surface area (Å²) in [6, 6.07) is 8.32. The average molecular weight is 304 g/mol. The first-order valence-electron chi connectivity index (χ1n) is 6.46. The second-order valence-electron chi connectivity index (χ2n) is 4.61. The quantitative estimate of drug-likeness (QED) is 0.938. The Labute approximate surface area is 124 Å². The molecule has 0 aliphatic carbocycles. The van der Waals surface area contributed by atoms with Gasteiger partial charge in [-0.25, -0.2) is 8.42 Å². The third kappa shape index (κ3) is 2.90. The molecule has 0 unspecified atom stereocenters. The molecule has 0 spiro atoms. The minimum absolute atomic E-state index is 0.187. The fraction of sp³-hybridized carbons (Fsp3) is 0.286. The Bertz CT molecular complexity index is 816. The monoisotopic (exact) mass is 304 g/mol. The maximum absolute atomic E-state index is 12.5. The van der Waals surface area contributed by atoms with Crippen LogP contribution in [-0.2, 0) is 16.6 Å². The summed E-state index contributed by atoms with van der Waals surface area (Å²) in [5, 5.41) is 13.1. The van der Waals surface area contributed by atoms with Gasteiger partial charge in [0.2, 0.25) is 0 Å². The second-order valence-corrected chi connectivity index (χ2v) is 6.23. The van der Waals surface area contributed by atoms with Gasteiger partial charge >= 0.3 is 0 Å². The van der Waals surface area contributed by atoms with Crippen molar-refractivity contribution in [3.05, 3.63) is 41.2 Å². The molecule has 1 aromatic heterocycles. The van der Waals surface area contributed by atoms with Gasteiger partial charge in [0.15, 0.2) is 0 Å². The van der Waals surface area contributed by atoms with Crippen molar-refractivity contribution in [2.24, 2.45) is 0 Å². The highest BCUT2D eigenvalue weighted by Crippen LogP contribution is 2.23. The molecule has 21 heavy (non-hydrogen) atoms. The molecule has 0 aliphatic heterocycles. The highest BCUT2D eigenvalue weighted by Gasteiger charge is 2.24. The van der Waals surface area contributed by atoms with Crippen molar-refractivity contribution in [1.29, 1.82) is 5.26 Å². The molecule has 1 aromatic carbocycles. The summed E-state index contributed by atoms with van der Waals surface area (Å²) in [6.45, 7) is 5.90. The Hall–Kier alpha value is -2.33. The molecule has 110 valence electrons. The Balaban J connectivity index is 2.44. The fourth-order valence-electron chi connectivity index (χ4n) is 2.24. The fourth-order valence-corrected chi connectivity index (χ4v) is 3.70. The number of aromatic nitrogens is 2. The third-order valence-corrected chi connectivity index (χ3v) is 4.76. The van der Waals surface area contributed by atoms with Crippen LogP contribution < -0.4 is 4.72 Å². The molecule has 2 rings (SSSR count).